The van der Waals surface area contributed by atoms with Crippen LogP contribution in [0.1, 0.15) is 11.5 Å². The van der Waals surface area contributed by atoms with Crippen molar-refractivity contribution >= 4 is 7.12 Å². The van der Waals surface area contributed by atoms with Crippen molar-refractivity contribution in [2.45, 2.75) is 12.2 Å². The smallest absolute Gasteiger partial charge is 0.454 e. The van der Waals surface area contributed by atoms with Crippen molar-refractivity contribution in [2.24, 2.45) is 0 Å². The fourth-order valence-corrected chi connectivity index (χ4v) is 2.69. The molecular formula is C16H18BNO4. The standard InChI is InChI=1S/C16H18BNO4/c1-20-15-7-14(18-9-16(15)21-2)12-5-3-4-11(6-12)13-8-17(19)22-10-13/h3-7,9,13,19H,8,10H2,1-2H3. The molecule has 5 nitrogen and oxygen atoms in total. The van der Waals surface area contributed by atoms with Crippen LogP contribution in [0.4, 0.5) is 0 Å². The Labute approximate surface area is 130 Å². The first-order chi connectivity index (χ1) is 10.7. The van der Waals surface area contributed by atoms with Crippen molar-refractivity contribution in [1.82, 2.24) is 4.98 Å². The second-order valence-electron chi connectivity index (χ2n) is 5.27. The zero-order chi connectivity index (χ0) is 15.5. The molecule has 1 atom stereocenters. The first-order valence-electron chi connectivity index (χ1n) is 7.19. The molecule has 1 N–H and O–H groups in total. The molecule has 0 amide bonds. The largest absolute Gasteiger partial charge is 0.493 e. The van der Waals surface area contributed by atoms with E-state index >= 15 is 0 Å². The van der Waals surface area contributed by atoms with Gasteiger partial charge in [0.2, 0.25) is 0 Å². The molecule has 1 aliphatic heterocycles. The van der Waals surface area contributed by atoms with Gasteiger partial charge in [-0.15, -0.1) is 0 Å². The Morgan fingerprint density at radius 2 is 2.05 bits per heavy atom. The quantitative estimate of drug-likeness (QED) is 0.878. The molecule has 0 spiro atoms. The van der Waals surface area contributed by atoms with Gasteiger partial charge in [-0.3, -0.25) is 4.98 Å². The molecule has 1 unspecified atom stereocenters. The van der Waals surface area contributed by atoms with Gasteiger partial charge in [-0.25, -0.2) is 0 Å². The Morgan fingerprint density at radius 3 is 2.73 bits per heavy atom. The van der Waals surface area contributed by atoms with Crippen molar-refractivity contribution < 1.29 is 19.2 Å². The maximum atomic E-state index is 9.51. The first kappa shape index (κ1) is 14.9. The topological polar surface area (TPSA) is 60.8 Å². The van der Waals surface area contributed by atoms with Gasteiger partial charge in [-0.2, -0.15) is 0 Å². The summed E-state index contributed by atoms with van der Waals surface area (Å²) in [4.78, 5) is 4.43. The second kappa shape index (κ2) is 6.38. The van der Waals surface area contributed by atoms with Crippen LogP contribution in [-0.2, 0) is 4.65 Å². The number of pyridine rings is 1. The molecule has 0 saturated carbocycles. The van der Waals surface area contributed by atoms with Crippen LogP contribution in [0.2, 0.25) is 6.32 Å². The lowest BCUT2D eigenvalue weighted by Crippen LogP contribution is -2.07. The Balaban J connectivity index is 1.92. The maximum Gasteiger partial charge on any atom is 0.454 e. The normalized spacial score (nSPS) is 17.6. The number of rotatable bonds is 4. The number of hydrogen-bond donors (Lipinski definition) is 1. The highest BCUT2D eigenvalue weighted by Gasteiger charge is 2.29. The molecular weight excluding hydrogens is 281 g/mol. The van der Waals surface area contributed by atoms with Gasteiger partial charge in [0.05, 0.1) is 26.1 Å². The van der Waals surface area contributed by atoms with Crippen LogP contribution < -0.4 is 9.47 Å². The molecule has 114 valence electrons. The number of methoxy groups -OCH3 is 2. The lowest BCUT2D eigenvalue weighted by Gasteiger charge is -2.12. The van der Waals surface area contributed by atoms with Crippen LogP contribution in [0, 0.1) is 0 Å². The van der Waals surface area contributed by atoms with Gasteiger partial charge in [0.15, 0.2) is 11.5 Å². The highest BCUT2D eigenvalue weighted by Crippen LogP contribution is 2.33. The van der Waals surface area contributed by atoms with E-state index in [-0.39, 0.29) is 5.92 Å². The van der Waals surface area contributed by atoms with E-state index in [4.69, 9.17) is 14.1 Å². The van der Waals surface area contributed by atoms with Gasteiger partial charge < -0.3 is 19.2 Å². The van der Waals surface area contributed by atoms with E-state index in [1.54, 1.807) is 20.4 Å². The van der Waals surface area contributed by atoms with Crippen molar-refractivity contribution in [2.75, 3.05) is 20.8 Å². The molecule has 22 heavy (non-hydrogen) atoms. The summed E-state index contributed by atoms with van der Waals surface area (Å²) in [6.45, 7) is 0.546. The molecule has 2 heterocycles. The molecule has 1 aliphatic rings. The molecule has 1 aromatic heterocycles. The maximum absolute atomic E-state index is 9.51. The highest BCUT2D eigenvalue weighted by atomic mass is 16.5. The third-order valence-electron chi connectivity index (χ3n) is 3.90. The van der Waals surface area contributed by atoms with Crippen LogP contribution in [-0.4, -0.2) is 38.0 Å². The van der Waals surface area contributed by atoms with Gasteiger partial charge >= 0.3 is 7.12 Å². The van der Waals surface area contributed by atoms with Crippen LogP contribution in [0.3, 0.4) is 0 Å². The summed E-state index contributed by atoms with van der Waals surface area (Å²) < 4.78 is 15.8. The summed E-state index contributed by atoms with van der Waals surface area (Å²) in [5.74, 6) is 1.47. The molecule has 2 aromatic rings. The summed E-state index contributed by atoms with van der Waals surface area (Å²) in [6, 6.07) is 9.99. The minimum atomic E-state index is -0.659. The van der Waals surface area contributed by atoms with Crippen LogP contribution in [0.25, 0.3) is 11.3 Å². The molecule has 3 rings (SSSR count). The van der Waals surface area contributed by atoms with Gasteiger partial charge in [-0.1, -0.05) is 18.2 Å². The van der Waals surface area contributed by atoms with Gasteiger partial charge in [0, 0.05) is 24.2 Å². The monoisotopic (exact) mass is 299 g/mol. The number of benzene rings is 1. The van der Waals surface area contributed by atoms with E-state index in [2.05, 4.69) is 17.1 Å². The highest BCUT2D eigenvalue weighted by molar-refractivity contribution is 6.43. The van der Waals surface area contributed by atoms with Crippen LogP contribution in [0.5, 0.6) is 11.5 Å². The molecule has 0 aliphatic carbocycles. The van der Waals surface area contributed by atoms with E-state index in [9.17, 15) is 5.02 Å². The van der Waals surface area contributed by atoms with E-state index < -0.39 is 7.12 Å². The molecule has 1 saturated heterocycles. The summed E-state index contributed by atoms with van der Waals surface area (Å²) in [5, 5.41) is 9.51. The predicted molar refractivity (Wildman–Crippen MR) is 84.2 cm³/mol. The minimum absolute atomic E-state index is 0.218. The predicted octanol–water partition coefficient (Wildman–Crippen LogP) is 2.36. The zero-order valence-corrected chi connectivity index (χ0v) is 12.7. The van der Waals surface area contributed by atoms with E-state index in [0.717, 1.165) is 16.8 Å². The van der Waals surface area contributed by atoms with Crippen LogP contribution >= 0.6 is 0 Å². The summed E-state index contributed by atoms with van der Waals surface area (Å²) in [6.07, 6.45) is 2.28. The molecule has 1 fully saturated rings. The Hall–Kier alpha value is -2.05. The lowest BCUT2D eigenvalue weighted by molar-refractivity contribution is 0.292. The average Bonchev–Trinajstić information content (AvgIpc) is 3.01. The summed E-state index contributed by atoms with van der Waals surface area (Å²) in [5.41, 5.74) is 2.96. The molecule has 0 radical (unpaired) electrons. The number of ether oxygens (including phenoxy) is 2. The Kier molecular flexibility index (Phi) is 4.31. The number of aromatic nitrogens is 1. The average molecular weight is 299 g/mol. The summed E-state index contributed by atoms with van der Waals surface area (Å²) in [7, 11) is 2.54. The third kappa shape index (κ3) is 2.93. The van der Waals surface area contributed by atoms with Crippen molar-refractivity contribution in [3.05, 3.63) is 42.1 Å². The molecule has 6 heteroatoms. The fourth-order valence-electron chi connectivity index (χ4n) is 2.69. The summed E-state index contributed by atoms with van der Waals surface area (Å²) >= 11 is 0. The minimum Gasteiger partial charge on any atom is -0.493 e. The van der Waals surface area contributed by atoms with E-state index in [1.807, 2.05) is 18.2 Å². The number of hydrogen-bond acceptors (Lipinski definition) is 5. The molecule has 0 bridgehead atoms. The van der Waals surface area contributed by atoms with Gasteiger partial charge in [0.1, 0.15) is 0 Å². The lowest BCUT2D eigenvalue weighted by atomic mass is 9.79. The van der Waals surface area contributed by atoms with Crippen molar-refractivity contribution in [3.8, 4) is 22.8 Å². The Bertz CT molecular complexity index is 664. The van der Waals surface area contributed by atoms with Gasteiger partial charge in [0.25, 0.3) is 0 Å². The number of nitrogens with zero attached hydrogens (tertiary/aromatic N) is 1. The first-order valence-corrected chi connectivity index (χ1v) is 7.19. The third-order valence-corrected chi connectivity index (χ3v) is 3.90. The zero-order valence-electron chi connectivity index (χ0n) is 12.7. The van der Waals surface area contributed by atoms with E-state index in [0.29, 0.717) is 24.4 Å². The fraction of sp³-hybridized carbons (Fsp3) is 0.312. The molecule has 1 aromatic carbocycles. The Morgan fingerprint density at radius 1 is 1.23 bits per heavy atom. The second-order valence-corrected chi connectivity index (χ2v) is 5.27. The van der Waals surface area contributed by atoms with Crippen molar-refractivity contribution in [3.63, 3.8) is 0 Å². The van der Waals surface area contributed by atoms with Crippen LogP contribution in [0.15, 0.2) is 36.5 Å². The van der Waals surface area contributed by atoms with E-state index in [1.165, 1.54) is 0 Å². The SMILES string of the molecule is COc1cnc(-c2cccc(C3COB(O)C3)c2)cc1OC. The van der Waals surface area contributed by atoms with Crippen molar-refractivity contribution in [1.29, 1.82) is 0 Å². The van der Waals surface area contributed by atoms with Gasteiger partial charge in [-0.05, 0) is 17.9 Å².